The lowest BCUT2D eigenvalue weighted by atomic mass is 9.57. The SMILES string of the molecule is CN(CCOCCO)[C@@H]1[C@@H]2CCO[C@@H]2C1(C)C. The van der Waals surface area contributed by atoms with Crippen molar-refractivity contribution in [3.8, 4) is 0 Å². The molecule has 1 aliphatic carbocycles. The van der Waals surface area contributed by atoms with Crippen LogP contribution in [-0.4, -0.2) is 62.2 Å². The van der Waals surface area contributed by atoms with E-state index in [1.54, 1.807) is 0 Å². The van der Waals surface area contributed by atoms with Crippen LogP contribution >= 0.6 is 0 Å². The monoisotopic (exact) mass is 243 g/mol. The highest BCUT2D eigenvalue weighted by Gasteiger charge is 2.60. The van der Waals surface area contributed by atoms with Crippen molar-refractivity contribution in [2.45, 2.75) is 32.4 Å². The molecule has 0 spiro atoms. The van der Waals surface area contributed by atoms with Gasteiger partial charge in [-0.1, -0.05) is 13.8 Å². The van der Waals surface area contributed by atoms with Crippen LogP contribution in [0.15, 0.2) is 0 Å². The maximum atomic E-state index is 8.65. The molecule has 4 nitrogen and oxygen atoms in total. The number of hydrogen-bond donors (Lipinski definition) is 1. The normalized spacial score (nSPS) is 34.8. The summed E-state index contributed by atoms with van der Waals surface area (Å²) in [6.07, 6.45) is 1.65. The lowest BCUT2D eigenvalue weighted by molar-refractivity contribution is -0.151. The Morgan fingerprint density at radius 1 is 1.41 bits per heavy atom. The molecule has 4 heteroatoms. The standard InChI is InChI=1S/C13H25NO3/c1-13(2)11(10-4-7-17-12(10)13)14(3)5-8-16-9-6-15/h10-12,15H,4-9H2,1-3H3/t10-,11+,12-/m0/s1. The minimum atomic E-state index is 0.108. The van der Waals surface area contributed by atoms with Gasteiger partial charge in [0.05, 0.1) is 25.9 Å². The van der Waals surface area contributed by atoms with Crippen LogP contribution in [0, 0.1) is 11.3 Å². The highest BCUT2D eigenvalue weighted by atomic mass is 16.5. The summed E-state index contributed by atoms with van der Waals surface area (Å²) in [6.45, 7) is 7.70. The first-order chi connectivity index (χ1) is 8.09. The molecule has 1 heterocycles. The summed E-state index contributed by atoms with van der Waals surface area (Å²) in [5.41, 5.74) is 0.257. The molecule has 0 aromatic carbocycles. The Hall–Kier alpha value is -0.160. The molecule has 17 heavy (non-hydrogen) atoms. The van der Waals surface area contributed by atoms with Gasteiger partial charge in [0.1, 0.15) is 0 Å². The van der Waals surface area contributed by atoms with E-state index in [0.29, 0.717) is 31.3 Å². The summed E-state index contributed by atoms with van der Waals surface area (Å²) in [7, 11) is 2.17. The van der Waals surface area contributed by atoms with Gasteiger partial charge in [-0.2, -0.15) is 0 Å². The molecule has 1 saturated heterocycles. The number of ether oxygens (including phenoxy) is 2. The van der Waals surface area contributed by atoms with Crippen molar-refractivity contribution < 1.29 is 14.6 Å². The van der Waals surface area contributed by atoms with Gasteiger partial charge in [0.25, 0.3) is 0 Å². The maximum absolute atomic E-state index is 8.65. The molecule has 0 aromatic heterocycles. The van der Waals surface area contributed by atoms with E-state index in [0.717, 1.165) is 13.2 Å². The zero-order valence-corrected chi connectivity index (χ0v) is 11.2. The maximum Gasteiger partial charge on any atom is 0.0698 e. The van der Waals surface area contributed by atoms with E-state index in [2.05, 4.69) is 25.8 Å². The van der Waals surface area contributed by atoms with Gasteiger partial charge in [-0.25, -0.2) is 0 Å². The predicted molar refractivity (Wildman–Crippen MR) is 66.0 cm³/mol. The Morgan fingerprint density at radius 2 is 2.18 bits per heavy atom. The van der Waals surface area contributed by atoms with Gasteiger partial charge >= 0.3 is 0 Å². The first-order valence-corrected chi connectivity index (χ1v) is 6.59. The number of nitrogens with zero attached hydrogens (tertiary/aromatic N) is 1. The van der Waals surface area contributed by atoms with Crippen molar-refractivity contribution in [2.24, 2.45) is 11.3 Å². The lowest BCUT2D eigenvalue weighted by Crippen LogP contribution is -2.66. The van der Waals surface area contributed by atoms with E-state index >= 15 is 0 Å². The molecule has 1 N–H and O–H groups in total. The molecule has 1 aliphatic heterocycles. The zero-order valence-electron chi connectivity index (χ0n) is 11.2. The molecule has 1 saturated carbocycles. The van der Waals surface area contributed by atoms with Crippen molar-refractivity contribution in [3.05, 3.63) is 0 Å². The van der Waals surface area contributed by atoms with Crippen LogP contribution < -0.4 is 0 Å². The lowest BCUT2D eigenvalue weighted by Gasteiger charge is -2.58. The summed E-state index contributed by atoms with van der Waals surface area (Å²) in [5.74, 6) is 0.702. The number of aliphatic hydroxyl groups is 1. The van der Waals surface area contributed by atoms with Crippen molar-refractivity contribution in [1.29, 1.82) is 0 Å². The average molecular weight is 243 g/mol. The molecule has 0 aromatic rings. The molecule has 3 atom stereocenters. The number of aliphatic hydroxyl groups excluding tert-OH is 1. The van der Waals surface area contributed by atoms with Gasteiger partial charge in [-0.3, -0.25) is 0 Å². The van der Waals surface area contributed by atoms with Crippen LogP contribution in [0.4, 0.5) is 0 Å². The van der Waals surface area contributed by atoms with Gasteiger partial charge in [0, 0.05) is 30.5 Å². The van der Waals surface area contributed by atoms with Gasteiger partial charge in [-0.05, 0) is 13.5 Å². The summed E-state index contributed by atoms with van der Waals surface area (Å²) in [4.78, 5) is 2.40. The number of fused-ring (bicyclic) bond motifs is 1. The summed E-state index contributed by atoms with van der Waals surface area (Å²) in [5, 5.41) is 8.65. The van der Waals surface area contributed by atoms with Crippen LogP contribution in [0.1, 0.15) is 20.3 Å². The fourth-order valence-electron chi connectivity index (χ4n) is 3.71. The summed E-state index contributed by atoms with van der Waals surface area (Å²) in [6, 6.07) is 0.604. The molecule has 0 radical (unpaired) electrons. The molecular weight excluding hydrogens is 218 g/mol. The quantitative estimate of drug-likeness (QED) is 0.699. The van der Waals surface area contributed by atoms with E-state index in [1.165, 1.54) is 6.42 Å². The molecule has 0 amide bonds. The Bertz CT molecular complexity index is 257. The zero-order chi connectivity index (χ0) is 12.5. The van der Waals surface area contributed by atoms with Crippen LogP contribution in [0.2, 0.25) is 0 Å². The van der Waals surface area contributed by atoms with E-state index in [4.69, 9.17) is 14.6 Å². The Labute approximate surface area is 104 Å². The molecule has 2 aliphatic rings. The number of likely N-dealkylation sites (N-methyl/N-ethyl adjacent to an activating group) is 1. The van der Waals surface area contributed by atoms with Crippen molar-refractivity contribution in [3.63, 3.8) is 0 Å². The number of rotatable bonds is 6. The van der Waals surface area contributed by atoms with Crippen LogP contribution in [0.25, 0.3) is 0 Å². The molecule has 2 fully saturated rings. The third-order valence-electron chi connectivity index (χ3n) is 4.34. The number of hydrogen-bond acceptors (Lipinski definition) is 4. The Kier molecular flexibility index (Phi) is 4.08. The first-order valence-electron chi connectivity index (χ1n) is 6.59. The molecule has 100 valence electrons. The summed E-state index contributed by atoms with van der Waals surface area (Å²) >= 11 is 0. The first kappa shape index (κ1) is 13.3. The van der Waals surface area contributed by atoms with Crippen molar-refractivity contribution in [2.75, 3.05) is 40.0 Å². The van der Waals surface area contributed by atoms with Gasteiger partial charge < -0.3 is 19.5 Å². The smallest absolute Gasteiger partial charge is 0.0698 e. The van der Waals surface area contributed by atoms with Gasteiger partial charge in [0.2, 0.25) is 0 Å². The molecule has 2 rings (SSSR count). The Morgan fingerprint density at radius 3 is 2.88 bits per heavy atom. The molecule has 0 bridgehead atoms. The van der Waals surface area contributed by atoms with E-state index in [9.17, 15) is 0 Å². The highest BCUT2D eigenvalue weighted by molar-refractivity contribution is 5.11. The molecule has 0 unspecified atom stereocenters. The average Bonchev–Trinajstić information content (AvgIpc) is 2.70. The summed E-state index contributed by atoms with van der Waals surface area (Å²) < 4.78 is 11.1. The minimum absolute atomic E-state index is 0.108. The van der Waals surface area contributed by atoms with Crippen LogP contribution in [-0.2, 0) is 9.47 Å². The largest absolute Gasteiger partial charge is 0.394 e. The van der Waals surface area contributed by atoms with E-state index in [-0.39, 0.29) is 12.0 Å². The van der Waals surface area contributed by atoms with Crippen LogP contribution in [0.3, 0.4) is 0 Å². The van der Waals surface area contributed by atoms with Gasteiger partial charge in [0.15, 0.2) is 0 Å². The van der Waals surface area contributed by atoms with Gasteiger partial charge in [-0.15, -0.1) is 0 Å². The minimum Gasteiger partial charge on any atom is -0.394 e. The second-order valence-corrected chi connectivity index (χ2v) is 5.83. The third kappa shape index (κ3) is 2.36. The van der Waals surface area contributed by atoms with Crippen LogP contribution in [0.5, 0.6) is 0 Å². The second kappa shape index (κ2) is 5.22. The van der Waals surface area contributed by atoms with Crippen molar-refractivity contribution in [1.82, 2.24) is 4.90 Å². The Balaban J connectivity index is 1.80. The predicted octanol–water partition coefficient (Wildman–Crippen LogP) is 0.741. The fourth-order valence-corrected chi connectivity index (χ4v) is 3.71. The second-order valence-electron chi connectivity index (χ2n) is 5.83. The highest BCUT2D eigenvalue weighted by Crippen LogP contribution is 2.54. The topological polar surface area (TPSA) is 41.9 Å². The fraction of sp³-hybridized carbons (Fsp3) is 1.00. The van der Waals surface area contributed by atoms with E-state index in [1.807, 2.05) is 0 Å². The van der Waals surface area contributed by atoms with E-state index < -0.39 is 0 Å². The van der Waals surface area contributed by atoms with Crippen molar-refractivity contribution >= 4 is 0 Å². The third-order valence-corrected chi connectivity index (χ3v) is 4.34. The molecular formula is C13H25NO3.